The van der Waals surface area contributed by atoms with Gasteiger partial charge in [-0.3, -0.25) is 4.79 Å². The Balaban J connectivity index is 1.49. The van der Waals surface area contributed by atoms with Gasteiger partial charge in [0, 0.05) is 24.3 Å². The predicted molar refractivity (Wildman–Crippen MR) is 106 cm³/mol. The SMILES string of the molecule is C[C@]12CCC(=O)C[C@H]1CCC1[C@@H]2CC[C@]2(C)[C@@H](c3ccc(=O)oc3)CC[C@]12O. The van der Waals surface area contributed by atoms with E-state index >= 15 is 0 Å². The molecule has 0 amide bonds. The van der Waals surface area contributed by atoms with Crippen LogP contribution in [0.15, 0.2) is 27.6 Å². The molecule has 0 saturated heterocycles. The van der Waals surface area contributed by atoms with Gasteiger partial charge in [0.25, 0.3) is 0 Å². The summed E-state index contributed by atoms with van der Waals surface area (Å²) in [5.41, 5.74) is 0.1000. The maximum absolute atomic E-state index is 12.1. The van der Waals surface area contributed by atoms with Crippen LogP contribution >= 0.6 is 0 Å². The van der Waals surface area contributed by atoms with Crippen molar-refractivity contribution in [3.05, 3.63) is 34.4 Å². The molecule has 4 nitrogen and oxygen atoms in total. The van der Waals surface area contributed by atoms with Crippen molar-refractivity contribution < 1.29 is 14.3 Å². The molecule has 4 heteroatoms. The fourth-order valence-electron chi connectivity index (χ4n) is 8.11. The molecule has 1 heterocycles. The van der Waals surface area contributed by atoms with Crippen molar-refractivity contribution >= 4 is 5.78 Å². The quantitative estimate of drug-likeness (QED) is 0.777. The minimum Gasteiger partial charge on any atom is -0.431 e. The molecule has 1 aromatic rings. The van der Waals surface area contributed by atoms with Gasteiger partial charge >= 0.3 is 5.63 Å². The molecule has 152 valence electrons. The van der Waals surface area contributed by atoms with Gasteiger partial charge in [0.05, 0.1) is 11.9 Å². The van der Waals surface area contributed by atoms with Crippen LogP contribution in [0, 0.1) is 28.6 Å². The number of Topliss-reactive ketones (excluding diaryl/α,β-unsaturated/α-hetero) is 1. The van der Waals surface area contributed by atoms with Gasteiger partial charge in [0.2, 0.25) is 0 Å². The fraction of sp³-hybridized carbons (Fsp3) is 0.750. The second kappa shape index (κ2) is 6.04. The third-order valence-electron chi connectivity index (χ3n) is 9.79. The molecule has 1 N–H and O–H groups in total. The maximum Gasteiger partial charge on any atom is 0.335 e. The normalized spacial score (nSPS) is 47.9. The molecule has 0 spiro atoms. The summed E-state index contributed by atoms with van der Waals surface area (Å²) in [4.78, 5) is 23.5. The summed E-state index contributed by atoms with van der Waals surface area (Å²) in [7, 11) is 0. The Bertz CT molecular complexity index is 838. The summed E-state index contributed by atoms with van der Waals surface area (Å²) >= 11 is 0. The van der Waals surface area contributed by atoms with E-state index in [-0.39, 0.29) is 22.4 Å². The van der Waals surface area contributed by atoms with Crippen LogP contribution in [-0.2, 0) is 4.79 Å². The average Bonchev–Trinajstić information content (AvgIpc) is 2.95. The summed E-state index contributed by atoms with van der Waals surface area (Å²) in [6.07, 6.45) is 10.1. The van der Waals surface area contributed by atoms with E-state index in [4.69, 9.17) is 4.42 Å². The number of hydrogen-bond donors (Lipinski definition) is 1. The number of carbonyl (C=O) groups is 1. The molecule has 4 fully saturated rings. The number of rotatable bonds is 1. The number of ketones is 1. The van der Waals surface area contributed by atoms with Crippen molar-refractivity contribution in [3.8, 4) is 0 Å². The predicted octanol–water partition coefficient (Wildman–Crippen LogP) is 4.45. The smallest absolute Gasteiger partial charge is 0.335 e. The van der Waals surface area contributed by atoms with Crippen LogP contribution in [0.5, 0.6) is 0 Å². The summed E-state index contributed by atoms with van der Waals surface area (Å²) in [6.45, 7) is 4.68. The van der Waals surface area contributed by atoms with E-state index in [1.54, 1.807) is 6.26 Å². The topological polar surface area (TPSA) is 67.5 Å². The Morgan fingerprint density at radius 3 is 2.57 bits per heavy atom. The lowest BCUT2D eigenvalue weighted by molar-refractivity contribution is -0.200. The summed E-state index contributed by atoms with van der Waals surface area (Å²) in [6, 6.07) is 3.40. The van der Waals surface area contributed by atoms with E-state index in [1.807, 2.05) is 6.07 Å². The van der Waals surface area contributed by atoms with Crippen LogP contribution in [0.2, 0.25) is 0 Å². The van der Waals surface area contributed by atoms with Gasteiger partial charge in [-0.15, -0.1) is 0 Å². The van der Waals surface area contributed by atoms with Gasteiger partial charge in [-0.2, -0.15) is 0 Å². The summed E-state index contributed by atoms with van der Waals surface area (Å²) in [5, 5.41) is 12.1. The molecule has 0 bridgehead atoms. The second-order valence-electron chi connectivity index (χ2n) is 10.6. The lowest BCUT2D eigenvalue weighted by atomic mass is 9.43. The van der Waals surface area contributed by atoms with Crippen molar-refractivity contribution in [3.63, 3.8) is 0 Å². The van der Waals surface area contributed by atoms with Gasteiger partial charge in [-0.25, -0.2) is 4.79 Å². The minimum absolute atomic E-state index is 0.179. The summed E-state index contributed by atoms with van der Waals surface area (Å²) in [5.74, 6) is 2.02. The molecule has 4 saturated carbocycles. The third kappa shape index (κ3) is 2.33. The molecule has 4 aliphatic carbocycles. The Morgan fingerprint density at radius 1 is 1.00 bits per heavy atom. The van der Waals surface area contributed by atoms with E-state index in [1.165, 1.54) is 6.07 Å². The van der Waals surface area contributed by atoms with Crippen LogP contribution in [0.1, 0.15) is 83.1 Å². The summed E-state index contributed by atoms with van der Waals surface area (Å²) < 4.78 is 5.16. The molecule has 1 aromatic heterocycles. The largest absolute Gasteiger partial charge is 0.431 e. The van der Waals surface area contributed by atoms with E-state index in [9.17, 15) is 14.7 Å². The molecule has 4 aliphatic rings. The molecule has 1 unspecified atom stereocenters. The molecule has 7 atom stereocenters. The molecule has 0 aromatic carbocycles. The zero-order valence-electron chi connectivity index (χ0n) is 17.1. The van der Waals surface area contributed by atoms with Gasteiger partial charge in [0.1, 0.15) is 5.78 Å². The Morgan fingerprint density at radius 2 is 1.82 bits per heavy atom. The van der Waals surface area contributed by atoms with Crippen molar-refractivity contribution in [2.24, 2.45) is 28.6 Å². The number of carbonyl (C=O) groups excluding carboxylic acids is 1. The first-order valence-corrected chi connectivity index (χ1v) is 11.1. The lowest BCUT2D eigenvalue weighted by Gasteiger charge is -2.63. The molecule has 0 aliphatic heterocycles. The molecular formula is C24H32O4. The first-order chi connectivity index (χ1) is 13.3. The Labute approximate surface area is 166 Å². The minimum atomic E-state index is -0.661. The zero-order chi connectivity index (χ0) is 19.7. The Kier molecular flexibility index (Phi) is 4.01. The number of aliphatic hydroxyl groups is 1. The average molecular weight is 385 g/mol. The van der Waals surface area contributed by atoms with Gasteiger partial charge in [-0.1, -0.05) is 13.8 Å². The third-order valence-corrected chi connectivity index (χ3v) is 9.79. The number of fused-ring (bicyclic) bond motifs is 5. The zero-order valence-corrected chi connectivity index (χ0v) is 17.1. The fourth-order valence-corrected chi connectivity index (χ4v) is 8.11. The first kappa shape index (κ1) is 18.6. The van der Waals surface area contributed by atoms with Crippen LogP contribution in [-0.4, -0.2) is 16.5 Å². The maximum atomic E-state index is 12.1. The van der Waals surface area contributed by atoms with Crippen LogP contribution in [0.4, 0.5) is 0 Å². The first-order valence-electron chi connectivity index (χ1n) is 11.1. The van der Waals surface area contributed by atoms with Crippen LogP contribution in [0.3, 0.4) is 0 Å². The van der Waals surface area contributed by atoms with Gasteiger partial charge < -0.3 is 9.52 Å². The molecule has 28 heavy (non-hydrogen) atoms. The van der Waals surface area contributed by atoms with E-state index in [0.717, 1.165) is 63.4 Å². The van der Waals surface area contributed by atoms with Crippen molar-refractivity contribution in [1.82, 2.24) is 0 Å². The van der Waals surface area contributed by atoms with E-state index in [2.05, 4.69) is 13.8 Å². The van der Waals surface area contributed by atoms with Crippen LogP contribution in [0.25, 0.3) is 0 Å². The molecule has 0 radical (unpaired) electrons. The van der Waals surface area contributed by atoms with E-state index in [0.29, 0.717) is 23.5 Å². The lowest BCUT2D eigenvalue weighted by Crippen LogP contribution is -2.61. The van der Waals surface area contributed by atoms with Crippen molar-refractivity contribution in [2.75, 3.05) is 0 Å². The monoisotopic (exact) mass is 384 g/mol. The highest BCUT2D eigenvalue weighted by Crippen LogP contribution is 2.70. The van der Waals surface area contributed by atoms with E-state index < -0.39 is 5.60 Å². The molecule has 5 rings (SSSR count). The highest BCUT2D eigenvalue weighted by molar-refractivity contribution is 5.79. The Hall–Kier alpha value is -1.42. The standard InChI is InChI=1S/C24H32O4/c1-22-10-7-17(25)13-16(22)4-5-20-19(22)8-11-23(2)18(9-12-24(20,23)27)15-3-6-21(26)28-14-15/h3,6,14,16,18-20,27H,4-5,7-13H2,1-2H3/t16-,18-,19+,20?,22+,23-,24+/m1/s1. The van der Waals surface area contributed by atoms with Crippen molar-refractivity contribution in [1.29, 1.82) is 0 Å². The highest BCUT2D eigenvalue weighted by Gasteiger charge is 2.67. The second-order valence-corrected chi connectivity index (χ2v) is 10.6. The van der Waals surface area contributed by atoms with Crippen LogP contribution < -0.4 is 5.63 Å². The van der Waals surface area contributed by atoms with Gasteiger partial charge in [-0.05, 0) is 85.7 Å². The van der Waals surface area contributed by atoms with Gasteiger partial charge in [0.15, 0.2) is 0 Å². The van der Waals surface area contributed by atoms with Crippen molar-refractivity contribution in [2.45, 2.75) is 83.2 Å². The number of hydrogen-bond acceptors (Lipinski definition) is 4. The highest BCUT2D eigenvalue weighted by atomic mass is 16.4. The molecular weight excluding hydrogens is 352 g/mol.